The molecule has 0 saturated heterocycles. The molecule has 3 heteroatoms. The van der Waals surface area contributed by atoms with Crippen molar-refractivity contribution in [1.82, 2.24) is 0 Å². The Labute approximate surface area is 138 Å². The van der Waals surface area contributed by atoms with E-state index in [0.717, 1.165) is 23.4 Å². The number of rotatable bonds is 6. The van der Waals surface area contributed by atoms with E-state index in [2.05, 4.69) is 12.2 Å². The summed E-state index contributed by atoms with van der Waals surface area (Å²) in [5, 5.41) is 2.85. The fourth-order valence-electron chi connectivity index (χ4n) is 2.14. The van der Waals surface area contributed by atoms with E-state index in [0.29, 0.717) is 0 Å². The second-order valence-corrected chi connectivity index (χ2v) is 5.61. The van der Waals surface area contributed by atoms with Crippen molar-refractivity contribution >= 4 is 17.7 Å². The van der Waals surface area contributed by atoms with Crippen molar-refractivity contribution in [2.75, 3.05) is 5.32 Å². The number of nitrogens with one attached hydrogen (secondary N) is 1. The van der Waals surface area contributed by atoms with Crippen LogP contribution in [0.3, 0.4) is 0 Å². The normalized spacial score (nSPS) is 11.0. The number of anilines is 1. The van der Waals surface area contributed by atoms with E-state index in [1.807, 2.05) is 62.4 Å². The van der Waals surface area contributed by atoms with Gasteiger partial charge in [-0.3, -0.25) is 4.79 Å². The number of carbonyl (C=O) groups excluding carboxylic acids is 1. The van der Waals surface area contributed by atoms with Crippen LogP contribution in [0.1, 0.15) is 31.9 Å². The van der Waals surface area contributed by atoms with Crippen molar-refractivity contribution in [1.29, 1.82) is 0 Å². The number of hydrogen-bond acceptors (Lipinski definition) is 2. The average Bonchev–Trinajstić information content (AvgIpc) is 2.53. The summed E-state index contributed by atoms with van der Waals surface area (Å²) in [6.07, 6.45) is 4.43. The first-order valence-electron chi connectivity index (χ1n) is 7.91. The van der Waals surface area contributed by atoms with Gasteiger partial charge in [-0.25, -0.2) is 0 Å². The minimum Gasteiger partial charge on any atom is -0.491 e. The van der Waals surface area contributed by atoms with Gasteiger partial charge in [0.2, 0.25) is 5.91 Å². The molecule has 3 nitrogen and oxygen atoms in total. The van der Waals surface area contributed by atoms with Crippen LogP contribution >= 0.6 is 0 Å². The lowest BCUT2D eigenvalue weighted by Crippen LogP contribution is -2.07. The molecule has 1 N–H and O–H groups in total. The quantitative estimate of drug-likeness (QED) is 0.786. The maximum Gasteiger partial charge on any atom is 0.248 e. The van der Waals surface area contributed by atoms with Gasteiger partial charge in [0.25, 0.3) is 0 Å². The van der Waals surface area contributed by atoms with E-state index < -0.39 is 0 Å². The Morgan fingerprint density at radius 3 is 2.57 bits per heavy atom. The molecule has 0 saturated carbocycles. The Hall–Kier alpha value is -2.55. The number of amides is 1. The summed E-state index contributed by atoms with van der Waals surface area (Å²) in [5.74, 6) is 0.655. The molecule has 0 heterocycles. The van der Waals surface area contributed by atoms with Crippen LogP contribution in [-0.4, -0.2) is 12.0 Å². The molecule has 0 aromatic heterocycles. The molecular formula is C20H23NO2. The highest BCUT2D eigenvalue weighted by Gasteiger charge is 2.00. The molecule has 0 aliphatic heterocycles. The molecule has 23 heavy (non-hydrogen) atoms. The number of carbonyl (C=O) groups is 1. The van der Waals surface area contributed by atoms with E-state index in [4.69, 9.17) is 4.74 Å². The molecule has 0 bridgehead atoms. The summed E-state index contributed by atoms with van der Waals surface area (Å²) in [4.78, 5) is 12.0. The first-order valence-corrected chi connectivity index (χ1v) is 7.91. The minimum absolute atomic E-state index is 0.128. The summed E-state index contributed by atoms with van der Waals surface area (Å²) in [7, 11) is 0. The lowest BCUT2D eigenvalue weighted by Gasteiger charge is -2.09. The molecule has 0 atom stereocenters. The Morgan fingerprint density at radius 1 is 1.17 bits per heavy atom. The summed E-state index contributed by atoms with van der Waals surface area (Å²) in [6.45, 7) is 6.08. The van der Waals surface area contributed by atoms with E-state index >= 15 is 0 Å². The molecule has 0 unspecified atom stereocenters. The van der Waals surface area contributed by atoms with E-state index in [9.17, 15) is 4.79 Å². The molecule has 2 aromatic carbocycles. The highest BCUT2D eigenvalue weighted by atomic mass is 16.5. The summed E-state index contributed by atoms with van der Waals surface area (Å²) in [5.41, 5.74) is 2.98. The zero-order valence-corrected chi connectivity index (χ0v) is 13.9. The topological polar surface area (TPSA) is 38.3 Å². The number of aryl methyl sites for hydroxylation is 1. The van der Waals surface area contributed by atoms with Crippen LogP contribution < -0.4 is 10.1 Å². The zero-order valence-electron chi connectivity index (χ0n) is 13.9. The highest BCUT2D eigenvalue weighted by molar-refractivity contribution is 6.01. The first kappa shape index (κ1) is 16.8. The van der Waals surface area contributed by atoms with Crippen molar-refractivity contribution in [2.24, 2.45) is 0 Å². The monoisotopic (exact) mass is 309 g/mol. The molecule has 120 valence electrons. The molecule has 0 fully saturated rings. The summed E-state index contributed by atoms with van der Waals surface area (Å²) < 4.78 is 5.64. The number of hydrogen-bond donors (Lipinski definition) is 1. The van der Waals surface area contributed by atoms with Gasteiger partial charge in [0.15, 0.2) is 0 Å². The third-order valence-corrected chi connectivity index (χ3v) is 3.29. The van der Waals surface area contributed by atoms with Gasteiger partial charge in [-0.15, -0.1) is 0 Å². The standard InChI is InChI=1S/C20H23NO2/c1-4-16-8-11-18(12-9-16)21-20(22)13-10-17-6-5-7-19(14-17)23-15(2)3/h5-15H,4H2,1-3H3,(H,21,22)/b13-10+. The van der Waals surface area contributed by atoms with E-state index in [-0.39, 0.29) is 12.0 Å². The van der Waals surface area contributed by atoms with Crippen molar-refractivity contribution < 1.29 is 9.53 Å². The Balaban J connectivity index is 1.97. The van der Waals surface area contributed by atoms with Crippen LogP contribution in [-0.2, 0) is 11.2 Å². The van der Waals surface area contributed by atoms with Gasteiger partial charge in [0.1, 0.15) is 5.75 Å². The SMILES string of the molecule is CCc1ccc(NC(=O)/C=C/c2cccc(OC(C)C)c2)cc1. The van der Waals surface area contributed by atoms with Gasteiger partial charge in [0, 0.05) is 11.8 Å². The van der Waals surface area contributed by atoms with Crippen LogP contribution in [0.15, 0.2) is 54.6 Å². The van der Waals surface area contributed by atoms with Crippen molar-refractivity contribution in [3.63, 3.8) is 0 Å². The molecule has 2 rings (SSSR count). The third kappa shape index (κ3) is 5.62. The fourth-order valence-corrected chi connectivity index (χ4v) is 2.14. The first-order chi connectivity index (χ1) is 11.1. The van der Waals surface area contributed by atoms with Crippen molar-refractivity contribution in [2.45, 2.75) is 33.3 Å². The second kappa shape index (κ2) is 8.18. The minimum atomic E-state index is -0.149. The molecule has 0 aliphatic rings. The third-order valence-electron chi connectivity index (χ3n) is 3.29. The van der Waals surface area contributed by atoms with Crippen LogP contribution in [0.2, 0.25) is 0 Å². The summed E-state index contributed by atoms with van der Waals surface area (Å²) in [6, 6.07) is 15.6. The van der Waals surface area contributed by atoms with Gasteiger partial charge >= 0.3 is 0 Å². The fraction of sp³-hybridized carbons (Fsp3) is 0.250. The van der Waals surface area contributed by atoms with Crippen LogP contribution in [0.4, 0.5) is 5.69 Å². The number of ether oxygens (including phenoxy) is 1. The zero-order chi connectivity index (χ0) is 16.7. The van der Waals surface area contributed by atoms with Gasteiger partial charge in [-0.05, 0) is 61.7 Å². The van der Waals surface area contributed by atoms with Crippen LogP contribution in [0.25, 0.3) is 6.08 Å². The Morgan fingerprint density at radius 2 is 1.91 bits per heavy atom. The Bertz CT molecular complexity index is 672. The molecule has 0 aliphatic carbocycles. The predicted molar refractivity (Wildman–Crippen MR) is 95.7 cm³/mol. The van der Waals surface area contributed by atoms with Gasteiger partial charge < -0.3 is 10.1 Å². The highest BCUT2D eigenvalue weighted by Crippen LogP contribution is 2.16. The number of benzene rings is 2. The molecule has 2 aromatic rings. The molecule has 0 radical (unpaired) electrons. The predicted octanol–water partition coefficient (Wildman–Crippen LogP) is 4.69. The molecule has 1 amide bonds. The second-order valence-electron chi connectivity index (χ2n) is 5.61. The average molecular weight is 309 g/mol. The summed E-state index contributed by atoms with van der Waals surface area (Å²) >= 11 is 0. The van der Waals surface area contributed by atoms with Gasteiger partial charge in [-0.1, -0.05) is 31.2 Å². The lowest BCUT2D eigenvalue weighted by molar-refractivity contribution is -0.111. The lowest BCUT2D eigenvalue weighted by atomic mass is 10.1. The van der Waals surface area contributed by atoms with Gasteiger partial charge in [0.05, 0.1) is 6.10 Å². The van der Waals surface area contributed by atoms with Crippen LogP contribution in [0, 0.1) is 0 Å². The smallest absolute Gasteiger partial charge is 0.248 e. The van der Waals surface area contributed by atoms with Crippen molar-refractivity contribution in [3.05, 3.63) is 65.7 Å². The van der Waals surface area contributed by atoms with Crippen LogP contribution in [0.5, 0.6) is 5.75 Å². The maximum atomic E-state index is 12.0. The Kier molecular flexibility index (Phi) is 5.98. The van der Waals surface area contributed by atoms with E-state index in [1.165, 1.54) is 11.6 Å². The largest absolute Gasteiger partial charge is 0.491 e. The molecular weight excluding hydrogens is 286 g/mol. The van der Waals surface area contributed by atoms with Gasteiger partial charge in [-0.2, -0.15) is 0 Å². The van der Waals surface area contributed by atoms with Crippen molar-refractivity contribution in [3.8, 4) is 5.75 Å². The molecule has 0 spiro atoms. The van der Waals surface area contributed by atoms with E-state index in [1.54, 1.807) is 6.08 Å². The maximum absolute atomic E-state index is 12.0.